The first-order valence-electron chi connectivity index (χ1n) is 7.21. The number of anilines is 1. The number of hydrogen-bond acceptors (Lipinski definition) is 1. The van der Waals surface area contributed by atoms with Crippen molar-refractivity contribution in [2.24, 2.45) is 0 Å². The van der Waals surface area contributed by atoms with E-state index in [2.05, 4.69) is 83.8 Å². The quantitative estimate of drug-likeness (QED) is 0.507. The molecule has 0 aromatic heterocycles. The Labute approximate surface area is 144 Å². The molecule has 0 spiro atoms. The Bertz CT molecular complexity index is 612. The van der Waals surface area contributed by atoms with Crippen LogP contribution >= 0.6 is 0 Å². The van der Waals surface area contributed by atoms with Gasteiger partial charge in [-0.3, -0.25) is 0 Å². The summed E-state index contributed by atoms with van der Waals surface area (Å²) >= 11 is 0. The van der Waals surface area contributed by atoms with Crippen molar-refractivity contribution in [1.82, 2.24) is 0 Å². The van der Waals surface area contributed by atoms with Gasteiger partial charge in [0.1, 0.15) is 0 Å². The van der Waals surface area contributed by atoms with E-state index in [1.165, 1.54) is 16.8 Å². The molecule has 0 radical (unpaired) electrons. The third kappa shape index (κ3) is 4.53. The van der Waals surface area contributed by atoms with Crippen LogP contribution in [0.25, 0.3) is 0 Å². The van der Waals surface area contributed by atoms with Crippen LogP contribution in [-0.4, -0.2) is 0 Å². The van der Waals surface area contributed by atoms with Crippen molar-refractivity contribution in [1.29, 1.82) is 0 Å². The van der Waals surface area contributed by atoms with E-state index in [0.717, 1.165) is 13.1 Å². The van der Waals surface area contributed by atoms with Crippen LogP contribution in [0.5, 0.6) is 0 Å². The summed E-state index contributed by atoms with van der Waals surface area (Å²) < 4.78 is 0. The molecule has 0 aliphatic heterocycles. The van der Waals surface area contributed by atoms with E-state index < -0.39 is 0 Å². The van der Waals surface area contributed by atoms with Crippen molar-refractivity contribution in [2.45, 2.75) is 13.1 Å². The Kier molecular flexibility index (Phi) is 6.34. The summed E-state index contributed by atoms with van der Waals surface area (Å²) in [6, 6.07) is 32.4. The summed E-state index contributed by atoms with van der Waals surface area (Å²) in [5.41, 5.74) is 3.86. The van der Waals surface area contributed by atoms with Gasteiger partial charge in [0.2, 0.25) is 0 Å². The van der Waals surface area contributed by atoms with Crippen molar-refractivity contribution in [3.8, 4) is 0 Å². The van der Waals surface area contributed by atoms with E-state index in [9.17, 15) is 0 Å². The van der Waals surface area contributed by atoms with Gasteiger partial charge in [-0.05, 0) is 11.1 Å². The molecule has 0 amide bonds. The second kappa shape index (κ2) is 8.49. The molecule has 0 unspecified atom stereocenters. The third-order valence-corrected chi connectivity index (χ3v) is 3.50. The Hall–Kier alpha value is -1.94. The minimum absolute atomic E-state index is 0. The van der Waals surface area contributed by atoms with Gasteiger partial charge in [-0.1, -0.05) is 66.4 Å². The first-order valence-corrected chi connectivity index (χ1v) is 7.21. The number of rotatable bonds is 5. The zero-order chi connectivity index (χ0) is 14.3. The minimum atomic E-state index is 0. The van der Waals surface area contributed by atoms with Crippen LogP contribution in [0.15, 0.2) is 84.9 Å². The van der Waals surface area contributed by atoms with Gasteiger partial charge in [-0.2, -0.15) is 18.2 Å². The molecule has 3 rings (SSSR count). The maximum atomic E-state index is 3.09. The van der Waals surface area contributed by atoms with Crippen molar-refractivity contribution in [2.75, 3.05) is 4.90 Å². The Morgan fingerprint density at radius 2 is 1.09 bits per heavy atom. The fourth-order valence-corrected chi connectivity index (χ4v) is 2.44. The van der Waals surface area contributed by atoms with E-state index in [4.69, 9.17) is 0 Å². The Balaban J connectivity index is 0.00000176. The molecule has 0 heterocycles. The summed E-state index contributed by atoms with van der Waals surface area (Å²) in [5.74, 6) is 0. The second-order valence-corrected chi connectivity index (χ2v) is 5.09. The van der Waals surface area contributed by atoms with Gasteiger partial charge in [0.15, 0.2) is 0 Å². The zero-order valence-electron chi connectivity index (χ0n) is 12.9. The van der Waals surface area contributed by atoms with Gasteiger partial charge in [0.25, 0.3) is 0 Å². The second-order valence-electron chi connectivity index (χ2n) is 5.09. The summed E-state index contributed by atoms with van der Waals surface area (Å²) in [4.78, 5) is 2.39. The fraction of sp³-hybridized carbons (Fsp3) is 0.100. The molecule has 0 atom stereocenters. The van der Waals surface area contributed by atoms with E-state index in [0.29, 0.717) is 0 Å². The molecule has 2 heteroatoms. The van der Waals surface area contributed by atoms with Gasteiger partial charge in [-0.25, -0.2) is 0 Å². The molecule has 3 aromatic rings. The zero-order valence-corrected chi connectivity index (χ0v) is 12.9. The van der Waals surface area contributed by atoms with Gasteiger partial charge in [0, 0.05) is 13.1 Å². The predicted octanol–water partition coefficient (Wildman–Crippen LogP) is 1.70. The van der Waals surface area contributed by atoms with Crippen LogP contribution in [0.1, 0.15) is 11.1 Å². The molecule has 1 nitrogen and oxygen atoms in total. The van der Waals surface area contributed by atoms with Crippen molar-refractivity contribution >= 4 is 5.69 Å². The average molecular weight is 279 g/mol. The van der Waals surface area contributed by atoms with Gasteiger partial charge in [-0.15, -0.1) is 12.1 Å². The standard InChI is InChI=1S/C20H18N.Li/c1-4-10-18(11-5-1)16-21(20-14-8-3-9-15-20)17-19-12-6-2-7-13-19;/h1-2,4-15H,16-17H2;/q-1;+1. The van der Waals surface area contributed by atoms with Crippen molar-refractivity contribution < 1.29 is 18.9 Å². The molecule has 0 bridgehead atoms. The predicted molar refractivity (Wildman–Crippen MR) is 88.0 cm³/mol. The van der Waals surface area contributed by atoms with Crippen LogP contribution < -0.4 is 23.8 Å². The molecule has 104 valence electrons. The monoisotopic (exact) mass is 279 g/mol. The summed E-state index contributed by atoms with van der Waals surface area (Å²) in [7, 11) is 0. The first kappa shape index (κ1) is 16.4. The molecule has 22 heavy (non-hydrogen) atoms. The van der Waals surface area contributed by atoms with Crippen LogP contribution in [0.2, 0.25) is 0 Å². The molecular weight excluding hydrogens is 261 g/mol. The fourth-order valence-electron chi connectivity index (χ4n) is 2.44. The van der Waals surface area contributed by atoms with Gasteiger partial charge < -0.3 is 4.90 Å². The molecular formula is C20H18LiN. The molecule has 0 saturated heterocycles. The summed E-state index contributed by atoms with van der Waals surface area (Å²) in [6.07, 6.45) is 0. The van der Waals surface area contributed by atoms with Crippen LogP contribution in [0.4, 0.5) is 5.69 Å². The maximum Gasteiger partial charge on any atom is 1.00 e. The van der Waals surface area contributed by atoms with Crippen LogP contribution in [-0.2, 0) is 13.1 Å². The molecule has 3 aromatic carbocycles. The van der Waals surface area contributed by atoms with Gasteiger partial charge in [0.05, 0.1) is 0 Å². The summed E-state index contributed by atoms with van der Waals surface area (Å²) in [5, 5.41) is 0. The van der Waals surface area contributed by atoms with E-state index in [-0.39, 0.29) is 18.9 Å². The minimum Gasteiger partial charge on any atom is -0.385 e. The molecule has 0 aliphatic rings. The van der Waals surface area contributed by atoms with Crippen LogP contribution in [0, 0.1) is 6.07 Å². The normalized spacial score (nSPS) is 9.82. The maximum absolute atomic E-state index is 3.09. The van der Waals surface area contributed by atoms with Crippen molar-refractivity contribution in [3.63, 3.8) is 0 Å². The first-order chi connectivity index (χ1) is 10.4. The molecule has 0 fully saturated rings. The third-order valence-electron chi connectivity index (χ3n) is 3.50. The number of hydrogen-bond donors (Lipinski definition) is 0. The number of nitrogens with zero attached hydrogens (tertiary/aromatic N) is 1. The van der Waals surface area contributed by atoms with E-state index in [1.807, 2.05) is 12.1 Å². The van der Waals surface area contributed by atoms with Crippen LogP contribution in [0.3, 0.4) is 0 Å². The SMILES string of the molecule is [Li+].[c-]1ccc(N(Cc2ccccc2)Cc2ccccc2)cc1. The smallest absolute Gasteiger partial charge is 0.385 e. The van der Waals surface area contributed by atoms with Gasteiger partial charge >= 0.3 is 18.9 Å². The molecule has 0 N–H and O–H groups in total. The summed E-state index contributed by atoms with van der Waals surface area (Å²) in [6.45, 7) is 1.81. The largest absolute Gasteiger partial charge is 1.00 e. The Morgan fingerprint density at radius 3 is 1.55 bits per heavy atom. The average Bonchev–Trinajstić information content (AvgIpc) is 2.57. The van der Waals surface area contributed by atoms with E-state index >= 15 is 0 Å². The molecule has 0 saturated carbocycles. The van der Waals surface area contributed by atoms with E-state index in [1.54, 1.807) is 0 Å². The Morgan fingerprint density at radius 1 is 0.636 bits per heavy atom. The molecule has 0 aliphatic carbocycles. The van der Waals surface area contributed by atoms with Crippen molar-refractivity contribution in [3.05, 3.63) is 102 Å². The number of benzene rings is 3. The topological polar surface area (TPSA) is 3.24 Å².